The van der Waals surface area contributed by atoms with Gasteiger partial charge < -0.3 is 5.32 Å². The molecule has 21 heavy (non-hydrogen) atoms. The molecule has 1 aromatic rings. The van der Waals surface area contributed by atoms with Gasteiger partial charge in [0.05, 0.1) is 0 Å². The van der Waals surface area contributed by atoms with Gasteiger partial charge in [0, 0.05) is 22.5 Å². The van der Waals surface area contributed by atoms with Crippen LogP contribution < -0.4 is 5.32 Å². The Morgan fingerprint density at radius 3 is 2.00 bits per heavy atom. The Morgan fingerprint density at radius 2 is 1.57 bits per heavy atom. The predicted octanol–water partition coefficient (Wildman–Crippen LogP) is 5.42. The Bertz CT molecular complexity index is 464. The van der Waals surface area contributed by atoms with Crippen LogP contribution in [-0.4, -0.2) is 12.1 Å². The summed E-state index contributed by atoms with van der Waals surface area (Å²) in [6.45, 7) is 14.8. The molecule has 0 heterocycles. The van der Waals surface area contributed by atoms with Crippen molar-refractivity contribution in [2.24, 2.45) is 11.3 Å². The van der Waals surface area contributed by atoms with Crippen molar-refractivity contribution in [3.05, 3.63) is 34.9 Å². The van der Waals surface area contributed by atoms with E-state index in [0.29, 0.717) is 5.41 Å². The van der Waals surface area contributed by atoms with Crippen LogP contribution in [0.3, 0.4) is 0 Å². The van der Waals surface area contributed by atoms with Crippen molar-refractivity contribution in [2.45, 2.75) is 65.3 Å². The average Bonchev–Trinajstić information content (AvgIpc) is 2.26. The van der Waals surface area contributed by atoms with Crippen molar-refractivity contribution in [3.63, 3.8) is 0 Å². The zero-order valence-corrected chi connectivity index (χ0v) is 15.1. The van der Waals surface area contributed by atoms with E-state index in [4.69, 9.17) is 11.6 Å². The first-order valence-electron chi connectivity index (χ1n) is 8.03. The van der Waals surface area contributed by atoms with Crippen LogP contribution in [0.5, 0.6) is 0 Å². The number of nitrogens with one attached hydrogen (secondary N) is 1. The molecule has 0 spiro atoms. The molecule has 1 aliphatic rings. The molecular weight excluding hydrogens is 278 g/mol. The van der Waals surface area contributed by atoms with E-state index < -0.39 is 0 Å². The molecular formula is C19H30ClN. The van der Waals surface area contributed by atoms with E-state index >= 15 is 0 Å². The summed E-state index contributed by atoms with van der Waals surface area (Å²) in [7, 11) is 0. The lowest BCUT2D eigenvalue weighted by Gasteiger charge is -2.54. The summed E-state index contributed by atoms with van der Waals surface area (Å²) in [5.41, 5.74) is 2.27. The van der Waals surface area contributed by atoms with E-state index in [9.17, 15) is 0 Å². The largest absolute Gasteiger partial charge is 0.311 e. The third-order valence-corrected chi connectivity index (χ3v) is 5.16. The molecule has 0 atom stereocenters. The normalized spacial score (nSPS) is 26.5. The highest BCUT2D eigenvalue weighted by Gasteiger charge is 2.49. The minimum atomic E-state index is 0.159. The van der Waals surface area contributed by atoms with E-state index in [-0.39, 0.29) is 11.0 Å². The zero-order chi connectivity index (χ0) is 15.9. The molecule has 1 aromatic carbocycles. The van der Waals surface area contributed by atoms with Crippen LogP contribution >= 0.6 is 11.6 Å². The SMILES string of the molecule is CC(C)(C)NCC1(c2ccc(Cl)cc2)CC(C(C)(C)C)C1. The Morgan fingerprint density at radius 1 is 1.05 bits per heavy atom. The standard InChI is InChI=1S/C19H30ClN/c1-17(2,3)15-11-19(12-15,13-21-18(4,5)6)14-7-9-16(20)10-8-14/h7-10,15,21H,11-13H2,1-6H3. The number of rotatable bonds is 3. The summed E-state index contributed by atoms with van der Waals surface area (Å²) in [6, 6.07) is 8.48. The fourth-order valence-electron chi connectivity index (χ4n) is 3.22. The fraction of sp³-hybridized carbons (Fsp3) is 0.684. The summed E-state index contributed by atoms with van der Waals surface area (Å²) in [6.07, 6.45) is 2.53. The van der Waals surface area contributed by atoms with Gasteiger partial charge in [0.1, 0.15) is 0 Å². The number of halogens is 1. The van der Waals surface area contributed by atoms with Gasteiger partial charge in [-0.2, -0.15) is 0 Å². The molecule has 0 saturated heterocycles. The minimum Gasteiger partial charge on any atom is -0.311 e. The maximum absolute atomic E-state index is 6.06. The number of hydrogen-bond donors (Lipinski definition) is 1. The van der Waals surface area contributed by atoms with E-state index in [1.165, 1.54) is 18.4 Å². The van der Waals surface area contributed by atoms with Gasteiger partial charge >= 0.3 is 0 Å². The molecule has 0 aliphatic heterocycles. The average molecular weight is 308 g/mol. The van der Waals surface area contributed by atoms with E-state index in [1.54, 1.807) is 0 Å². The molecule has 0 bridgehead atoms. The molecule has 0 radical (unpaired) electrons. The molecule has 1 nitrogen and oxygen atoms in total. The van der Waals surface area contributed by atoms with Crippen molar-refractivity contribution in [2.75, 3.05) is 6.54 Å². The lowest BCUT2D eigenvalue weighted by Crippen LogP contribution is -2.54. The quantitative estimate of drug-likeness (QED) is 0.786. The van der Waals surface area contributed by atoms with Crippen LogP contribution in [0.4, 0.5) is 0 Å². The van der Waals surface area contributed by atoms with Gasteiger partial charge in [-0.15, -0.1) is 0 Å². The maximum Gasteiger partial charge on any atom is 0.0406 e. The van der Waals surface area contributed by atoms with Gasteiger partial charge in [0.25, 0.3) is 0 Å². The van der Waals surface area contributed by atoms with Crippen LogP contribution in [0.15, 0.2) is 24.3 Å². The van der Waals surface area contributed by atoms with Gasteiger partial charge in [-0.25, -0.2) is 0 Å². The van der Waals surface area contributed by atoms with Crippen molar-refractivity contribution in [1.82, 2.24) is 5.32 Å². The topological polar surface area (TPSA) is 12.0 Å². The van der Waals surface area contributed by atoms with Gasteiger partial charge in [0.2, 0.25) is 0 Å². The van der Waals surface area contributed by atoms with Crippen LogP contribution in [0, 0.1) is 11.3 Å². The van der Waals surface area contributed by atoms with Gasteiger partial charge in [-0.1, -0.05) is 44.5 Å². The highest BCUT2D eigenvalue weighted by Crippen LogP contribution is 2.54. The summed E-state index contributed by atoms with van der Waals surface area (Å²) >= 11 is 6.06. The molecule has 2 rings (SSSR count). The summed E-state index contributed by atoms with van der Waals surface area (Å²) in [5.74, 6) is 0.801. The van der Waals surface area contributed by atoms with Crippen molar-refractivity contribution in [3.8, 4) is 0 Å². The third kappa shape index (κ3) is 4.02. The first-order chi connectivity index (χ1) is 9.52. The monoisotopic (exact) mass is 307 g/mol. The van der Waals surface area contributed by atoms with E-state index in [2.05, 4.69) is 59.0 Å². The minimum absolute atomic E-state index is 0.159. The predicted molar refractivity (Wildman–Crippen MR) is 93.1 cm³/mol. The van der Waals surface area contributed by atoms with Crippen molar-refractivity contribution >= 4 is 11.6 Å². The molecule has 1 N–H and O–H groups in total. The summed E-state index contributed by atoms with van der Waals surface area (Å²) in [5, 5.41) is 4.54. The second-order valence-corrected chi connectivity index (χ2v) is 9.30. The van der Waals surface area contributed by atoms with E-state index in [1.807, 2.05) is 12.1 Å². The maximum atomic E-state index is 6.06. The first kappa shape index (κ1) is 16.8. The first-order valence-corrected chi connectivity index (χ1v) is 8.41. The Kier molecular flexibility index (Phi) is 4.48. The zero-order valence-electron chi connectivity index (χ0n) is 14.4. The highest BCUT2D eigenvalue weighted by atomic mass is 35.5. The van der Waals surface area contributed by atoms with Crippen LogP contribution in [-0.2, 0) is 5.41 Å². The lowest BCUT2D eigenvalue weighted by atomic mass is 9.52. The lowest BCUT2D eigenvalue weighted by molar-refractivity contribution is 0.0411. The smallest absolute Gasteiger partial charge is 0.0406 e. The van der Waals surface area contributed by atoms with Gasteiger partial charge in [-0.05, 0) is 62.6 Å². The fourth-order valence-corrected chi connectivity index (χ4v) is 3.34. The highest BCUT2D eigenvalue weighted by molar-refractivity contribution is 6.30. The molecule has 1 aliphatic carbocycles. The summed E-state index contributed by atoms with van der Waals surface area (Å²) < 4.78 is 0. The van der Waals surface area contributed by atoms with Gasteiger partial charge in [-0.3, -0.25) is 0 Å². The molecule has 0 amide bonds. The Hall–Kier alpha value is -0.530. The van der Waals surface area contributed by atoms with Gasteiger partial charge in [0.15, 0.2) is 0 Å². The van der Waals surface area contributed by atoms with Crippen LogP contribution in [0.2, 0.25) is 5.02 Å². The number of benzene rings is 1. The summed E-state index contributed by atoms with van der Waals surface area (Å²) in [4.78, 5) is 0. The molecule has 1 saturated carbocycles. The number of hydrogen-bond acceptors (Lipinski definition) is 1. The molecule has 1 fully saturated rings. The van der Waals surface area contributed by atoms with Crippen LogP contribution in [0.25, 0.3) is 0 Å². The second kappa shape index (κ2) is 5.59. The molecule has 0 aromatic heterocycles. The Balaban J connectivity index is 2.19. The van der Waals surface area contributed by atoms with Crippen LogP contribution in [0.1, 0.15) is 59.9 Å². The molecule has 118 valence electrons. The van der Waals surface area contributed by atoms with E-state index in [0.717, 1.165) is 17.5 Å². The Labute approximate surface area is 135 Å². The molecule has 2 heteroatoms. The second-order valence-electron chi connectivity index (χ2n) is 8.86. The molecule has 0 unspecified atom stereocenters. The third-order valence-electron chi connectivity index (χ3n) is 4.91. The van der Waals surface area contributed by atoms with Crippen molar-refractivity contribution < 1.29 is 0 Å². The van der Waals surface area contributed by atoms with Crippen molar-refractivity contribution in [1.29, 1.82) is 0 Å².